The van der Waals surface area contributed by atoms with Crippen molar-refractivity contribution in [2.24, 2.45) is 0 Å². The van der Waals surface area contributed by atoms with Gasteiger partial charge in [0.2, 0.25) is 0 Å². The average Bonchev–Trinajstić information content (AvgIpc) is 3.04. The van der Waals surface area contributed by atoms with Crippen molar-refractivity contribution in [1.82, 2.24) is 10.3 Å². The van der Waals surface area contributed by atoms with Gasteiger partial charge in [0.25, 0.3) is 5.91 Å². The van der Waals surface area contributed by atoms with E-state index in [1.807, 2.05) is 17.5 Å². The molecule has 0 aliphatic rings. The Hall–Kier alpha value is -1.88. The van der Waals surface area contributed by atoms with Gasteiger partial charge in [0.1, 0.15) is 0 Å². The maximum absolute atomic E-state index is 12.5. The van der Waals surface area contributed by atoms with Crippen LogP contribution in [0.5, 0.6) is 0 Å². The minimum Gasteiger partial charge on any atom is -0.384 e. The van der Waals surface area contributed by atoms with Gasteiger partial charge in [0, 0.05) is 23.8 Å². The summed E-state index contributed by atoms with van der Waals surface area (Å²) in [6.45, 7) is 5.01. The fraction of sp³-hybridized carbons (Fsp3) is 0.375. The van der Waals surface area contributed by atoms with E-state index in [9.17, 15) is 4.79 Å². The third-order valence-electron chi connectivity index (χ3n) is 3.23. The lowest BCUT2D eigenvalue weighted by Gasteiger charge is -2.17. The molecule has 0 saturated heterocycles. The molecule has 2 heterocycles. The molecule has 2 aromatic rings. The fourth-order valence-electron chi connectivity index (χ4n) is 2.09. The zero-order chi connectivity index (χ0) is 15.1. The number of hydrogen-bond donors (Lipinski definition) is 2. The Morgan fingerprint density at radius 3 is 2.90 bits per heavy atom. The molecule has 0 bridgehead atoms. The number of amides is 1. The summed E-state index contributed by atoms with van der Waals surface area (Å²) in [6.07, 6.45) is 5.19. The third kappa shape index (κ3) is 4.04. The maximum atomic E-state index is 12.5. The Morgan fingerprint density at radius 2 is 2.24 bits per heavy atom. The molecule has 1 atom stereocenters. The molecule has 0 aromatic carbocycles. The molecular formula is C16H21N3OS. The van der Waals surface area contributed by atoms with Crippen molar-refractivity contribution >= 4 is 22.9 Å². The molecule has 0 saturated carbocycles. The van der Waals surface area contributed by atoms with Crippen LogP contribution in [0.2, 0.25) is 0 Å². The average molecular weight is 303 g/mol. The number of pyridine rings is 1. The van der Waals surface area contributed by atoms with Gasteiger partial charge in [0.05, 0.1) is 17.3 Å². The number of nitrogens with one attached hydrogen (secondary N) is 2. The summed E-state index contributed by atoms with van der Waals surface area (Å²) >= 11 is 1.66. The second-order valence-corrected chi connectivity index (χ2v) is 5.78. The summed E-state index contributed by atoms with van der Waals surface area (Å²) < 4.78 is 0. The van der Waals surface area contributed by atoms with Crippen molar-refractivity contribution in [3.63, 3.8) is 0 Å². The van der Waals surface area contributed by atoms with Crippen LogP contribution in [0, 0.1) is 0 Å². The van der Waals surface area contributed by atoms with E-state index in [0.717, 1.165) is 25.1 Å². The highest BCUT2D eigenvalue weighted by Gasteiger charge is 2.17. The Balaban J connectivity index is 2.12. The van der Waals surface area contributed by atoms with E-state index in [1.54, 1.807) is 23.7 Å². The summed E-state index contributed by atoms with van der Waals surface area (Å²) in [5, 5.41) is 8.40. The number of rotatable bonds is 7. The minimum absolute atomic E-state index is 0.0525. The van der Waals surface area contributed by atoms with Crippen molar-refractivity contribution in [2.75, 3.05) is 11.9 Å². The first-order valence-corrected chi connectivity index (χ1v) is 8.16. The van der Waals surface area contributed by atoms with Crippen LogP contribution in [0.15, 0.2) is 36.0 Å². The quantitative estimate of drug-likeness (QED) is 0.817. The lowest BCUT2D eigenvalue weighted by molar-refractivity contribution is 0.0936. The Labute approximate surface area is 129 Å². The molecule has 5 heteroatoms. The van der Waals surface area contributed by atoms with Crippen LogP contribution in [0.3, 0.4) is 0 Å². The highest BCUT2D eigenvalue weighted by atomic mass is 32.1. The SMILES string of the molecule is CCCNc1ccncc1C(=O)NC(CC)c1cccs1. The van der Waals surface area contributed by atoms with Crippen LogP contribution in [0.25, 0.3) is 0 Å². The maximum Gasteiger partial charge on any atom is 0.255 e. The van der Waals surface area contributed by atoms with E-state index in [2.05, 4.69) is 35.5 Å². The minimum atomic E-state index is -0.0815. The second kappa shape index (κ2) is 7.78. The van der Waals surface area contributed by atoms with E-state index >= 15 is 0 Å². The highest BCUT2D eigenvalue weighted by molar-refractivity contribution is 7.10. The largest absolute Gasteiger partial charge is 0.384 e. The summed E-state index contributed by atoms with van der Waals surface area (Å²) in [4.78, 5) is 17.8. The molecule has 2 aromatic heterocycles. The lowest BCUT2D eigenvalue weighted by atomic mass is 10.1. The monoisotopic (exact) mass is 303 g/mol. The van der Waals surface area contributed by atoms with Crippen LogP contribution < -0.4 is 10.6 Å². The van der Waals surface area contributed by atoms with E-state index in [4.69, 9.17) is 0 Å². The molecule has 4 nitrogen and oxygen atoms in total. The molecule has 1 unspecified atom stereocenters. The predicted molar refractivity (Wildman–Crippen MR) is 87.8 cm³/mol. The Kier molecular flexibility index (Phi) is 5.75. The molecule has 112 valence electrons. The van der Waals surface area contributed by atoms with Crippen molar-refractivity contribution in [3.05, 3.63) is 46.4 Å². The molecule has 1 amide bonds. The second-order valence-electron chi connectivity index (χ2n) is 4.80. The number of thiophene rings is 1. The summed E-state index contributed by atoms with van der Waals surface area (Å²) in [5.41, 5.74) is 1.44. The summed E-state index contributed by atoms with van der Waals surface area (Å²) in [7, 11) is 0. The van der Waals surface area contributed by atoms with Gasteiger partial charge in [0.15, 0.2) is 0 Å². The van der Waals surface area contributed by atoms with Crippen LogP contribution in [-0.4, -0.2) is 17.4 Å². The summed E-state index contributed by atoms with van der Waals surface area (Å²) in [6, 6.07) is 5.96. The van der Waals surface area contributed by atoms with Crippen molar-refractivity contribution in [1.29, 1.82) is 0 Å². The van der Waals surface area contributed by atoms with Gasteiger partial charge < -0.3 is 10.6 Å². The molecular weight excluding hydrogens is 282 g/mol. The van der Waals surface area contributed by atoms with Gasteiger partial charge in [-0.05, 0) is 30.4 Å². The van der Waals surface area contributed by atoms with Gasteiger partial charge in [-0.25, -0.2) is 0 Å². The van der Waals surface area contributed by atoms with Crippen LogP contribution >= 0.6 is 11.3 Å². The highest BCUT2D eigenvalue weighted by Crippen LogP contribution is 2.23. The van der Waals surface area contributed by atoms with Crippen LogP contribution in [0.4, 0.5) is 5.69 Å². The summed E-state index contributed by atoms with van der Waals surface area (Å²) in [5.74, 6) is -0.0815. The van der Waals surface area contributed by atoms with Crippen LogP contribution in [-0.2, 0) is 0 Å². The molecule has 21 heavy (non-hydrogen) atoms. The first kappa shape index (κ1) is 15.5. The fourth-order valence-corrected chi connectivity index (χ4v) is 2.95. The van der Waals surface area contributed by atoms with E-state index < -0.39 is 0 Å². The van der Waals surface area contributed by atoms with E-state index in [-0.39, 0.29) is 11.9 Å². The standard InChI is InChI=1S/C16H21N3OS/c1-3-8-18-14-7-9-17-11-12(14)16(20)19-13(4-2)15-6-5-10-21-15/h5-7,9-11,13H,3-4,8H2,1-2H3,(H,17,18)(H,19,20). The number of anilines is 1. The number of carbonyl (C=O) groups excluding carboxylic acids is 1. The molecule has 0 fully saturated rings. The van der Waals surface area contributed by atoms with Crippen molar-refractivity contribution < 1.29 is 4.79 Å². The molecule has 0 aliphatic carbocycles. The van der Waals surface area contributed by atoms with E-state index in [0.29, 0.717) is 5.56 Å². The molecule has 0 spiro atoms. The van der Waals surface area contributed by atoms with Gasteiger partial charge in [-0.3, -0.25) is 9.78 Å². The number of nitrogens with zero attached hydrogens (tertiary/aromatic N) is 1. The van der Waals surface area contributed by atoms with Gasteiger partial charge in [-0.2, -0.15) is 0 Å². The normalized spacial score (nSPS) is 11.9. The van der Waals surface area contributed by atoms with Gasteiger partial charge in [-0.1, -0.05) is 19.9 Å². The predicted octanol–water partition coefficient (Wildman–Crippen LogP) is 3.85. The first-order valence-electron chi connectivity index (χ1n) is 7.28. The number of aromatic nitrogens is 1. The first-order chi connectivity index (χ1) is 10.3. The number of hydrogen-bond acceptors (Lipinski definition) is 4. The third-order valence-corrected chi connectivity index (χ3v) is 4.22. The molecule has 0 aliphatic heterocycles. The smallest absolute Gasteiger partial charge is 0.255 e. The molecule has 2 N–H and O–H groups in total. The zero-order valence-electron chi connectivity index (χ0n) is 12.4. The zero-order valence-corrected chi connectivity index (χ0v) is 13.2. The van der Waals surface area contributed by atoms with Crippen LogP contribution in [0.1, 0.15) is 48.0 Å². The van der Waals surface area contributed by atoms with E-state index in [1.165, 1.54) is 4.88 Å². The Morgan fingerprint density at radius 1 is 1.38 bits per heavy atom. The molecule has 0 radical (unpaired) electrons. The lowest BCUT2D eigenvalue weighted by Crippen LogP contribution is -2.28. The Bertz CT molecular complexity index is 569. The van der Waals surface area contributed by atoms with Gasteiger partial charge in [-0.15, -0.1) is 11.3 Å². The van der Waals surface area contributed by atoms with Crippen molar-refractivity contribution in [3.8, 4) is 0 Å². The topological polar surface area (TPSA) is 54.0 Å². The van der Waals surface area contributed by atoms with Gasteiger partial charge >= 0.3 is 0 Å². The van der Waals surface area contributed by atoms with Crippen molar-refractivity contribution in [2.45, 2.75) is 32.7 Å². The number of carbonyl (C=O) groups is 1. The molecule has 2 rings (SSSR count).